The number of hydrogen-bond donors (Lipinski definition) is 3. The molecule has 2 rings (SSSR count). The van der Waals surface area contributed by atoms with Crippen LogP contribution in [0, 0.1) is 6.92 Å². The SMILES string of the molecule is Cc1ccc(CP(=O)(O)C[C@@H](O)CNCc2ccc(Cl)c(Cl)c2)cc1. The van der Waals surface area contributed by atoms with Crippen LogP contribution in [0.2, 0.25) is 10.0 Å². The van der Waals surface area contributed by atoms with Crippen LogP contribution in [-0.4, -0.2) is 28.8 Å². The number of aliphatic hydroxyl groups is 1. The molecule has 0 saturated heterocycles. The van der Waals surface area contributed by atoms with Gasteiger partial charge in [0.15, 0.2) is 0 Å². The Balaban J connectivity index is 1.80. The molecule has 0 aromatic heterocycles. The molecule has 0 saturated carbocycles. The van der Waals surface area contributed by atoms with Crippen molar-refractivity contribution < 1.29 is 14.6 Å². The first-order valence-corrected chi connectivity index (χ1v) is 10.7. The number of nitrogens with one attached hydrogen (secondary N) is 1. The third-order valence-electron chi connectivity index (χ3n) is 3.74. The Morgan fingerprint density at radius 3 is 2.36 bits per heavy atom. The van der Waals surface area contributed by atoms with Gasteiger partial charge < -0.3 is 15.3 Å². The molecule has 0 fully saturated rings. The minimum Gasteiger partial charge on any atom is -0.391 e. The monoisotopic (exact) mass is 401 g/mol. The largest absolute Gasteiger partial charge is 0.391 e. The molecule has 0 aliphatic heterocycles. The Morgan fingerprint density at radius 2 is 1.72 bits per heavy atom. The zero-order valence-corrected chi connectivity index (χ0v) is 16.4. The van der Waals surface area contributed by atoms with Crippen LogP contribution in [0.5, 0.6) is 0 Å². The highest BCUT2D eigenvalue weighted by Gasteiger charge is 2.23. The van der Waals surface area contributed by atoms with Crippen LogP contribution >= 0.6 is 30.6 Å². The molecular formula is C18H22Cl2NO3P. The Labute approximate surface area is 158 Å². The van der Waals surface area contributed by atoms with E-state index in [-0.39, 0.29) is 18.9 Å². The second kappa shape index (κ2) is 9.18. The van der Waals surface area contributed by atoms with Crippen molar-refractivity contribution in [2.24, 2.45) is 0 Å². The van der Waals surface area contributed by atoms with Gasteiger partial charge >= 0.3 is 0 Å². The molecule has 1 unspecified atom stereocenters. The van der Waals surface area contributed by atoms with E-state index in [0.717, 1.165) is 16.7 Å². The zero-order chi connectivity index (χ0) is 18.4. The molecule has 2 aromatic rings. The summed E-state index contributed by atoms with van der Waals surface area (Å²) in [6.07, 6.45) is -0.976. The summed E-state index contributed by atoms with van der Waals surface area (Å²) in [6, 6.07) is 12.8. The fraction of sp³-hybridized carbons (Fsp3) is 0.333. The van der Waals surface area contributed by atoms with Gasteiger partial charge in [0.1, 0.15) is 0 Å². The molecule has 3 N–H and O–H groups in total. The van der Waals surface area contributed by atoms with E-state index < -0.39 is 13.5 Å². The highest BCUT2D eigenvalue weighted by atomic mass is 35.5. The van der Waals surface area contributed by atoms with Crippen LogP contribution < -0.4 is 5.32 Å². The quantitative estimate of drug-likeness (QED) is 0.579. The molecule has 2 atom stereocenters. The Bertz CT molecular complexity index is 752. The molecule has 0 amide bonds. The van der Waals surface area contributed by atoms with E-state index in [1.165, 1.54) is 0 Å². The van der Waals surface area contributed by atoms with Gasteiger partial charge in [-0.3, -0.25) is 4.57 Å². The van der Waals surface area contributed by atoms with E-state index in [0.29, 0.717) is 16.6 Å². The second-order valence-corrected chi connectivity index (χ2v) is 9.39. The van der Waals surface area contributed by atoms with Gasteiger partial charge in [-0.15, -0.1) is 0 Å². The third kappa shape index (κ3) is 7.10. The lowest BCUT2D eigenvalue weighted by Gasteiger charge is -2.17. The standard InChI is InChI=1S/C18H22Cl2NO3P/c1-13-2-4-14(5-3-13)11-25(23,24)12-16(22)10-21-9-15-6-7-17(19)18(20)8-15/h2-8,16,21-22H,9-12H2,1H3,(H,23,24)/t16-/m0/s1. The van der Waals surface area contributed by atoms with Crippen molar-refractivity contribution >= 4 is 30.6 Å². The molecule has 0 aliphatic carbocycles. The van der Waals surface area contributed by atoms with Gasteiger partial charge in [-0.2, -0.15) is 0 Å². The Hall–Kier alpha value is -0.870. The van der Waals surface area contributed by atoms with Crippen molar-refractivity contribution in [1.29, 1.82) is 0 Å². The minimum absolute atomic E-state index is 0.0666. The maximum absolute atomic E-state index is 12.3. The second-order valence-electron chi connectivity index (χ2n) is 6.21. The fourth-order valence-electron chi connectivity index (χ4n) is 2.47. The van der Waals surface area contributed by atoms with Crippen LogP contribution in [0.25, 0.3) is 0 Å². The molecule has 0 radical (unpaired) electrons. The average Bonchev–Trinajstić information content (AvgIpc) is 2.52. The summed E-state index contributed by atoms with van der Waals surface area (Å²) < 4.78 is 12.3. The molecule has 2 aromatic carbocycles. The van der Waals surface area contributed by atoms with E-state index in [2.05, 4.69) is 5.32 Å². The van der Waals surface area contributed by atoms with Gasteiger partial charge in [0.25, 0.3) is 0 Å². The van der Waals surface area contributed by atoms with Crippen LogP contribution in [-0.2, 0) is 17.3 Å². The van der Waals surface area contributed by atoms with E-state index >= 15 is 0 Å². The van der Waals surface area contributed by atoms with E-state index in [1.807, 2.05) is 37.3 Å². The maximum atomic E-state index is 12.3. The van der Waals surface area contributed by atoms with Crippen LogP contribution in [0.15, 0.2) is 42.5 Å². The number of benzene rings is 2. The normalized spacial score (nSPS) is 14.9. The lowest BCUT2D eigenvalue weighted by Crippen LogP contribution is -2.29. The van der Waals surface area contributed by atoms with Gasteiger partial charge in [-0.25, -0.2) is 0 Å². The first-order chi connectivity index (χ1) is 11.7. The van der Waals surface area contributed by atoms with Crippen molar-refractivity contribution in [2.75, 3.05) is 12.7 Å². The number of aryl methyl sites for hydroxylation is 1. The highest BCUT2D eigenvalue weighted by molar-refractivity contribution is 7.57. The van der Waals surface area contributed by atoms with Gasteiger partial charge in [0.05, 0.1) is 22.3 Å². The summed E-state index contributed by atoms with van der Waals surface area (Å²) in [5.74, 6) is 0. The molecule has 0 spiro atoms. The molecule has 7 heteroatoms. The van der Waals surface area contributed by atoms with E-state index in [4.69, 9.17) is 23.2 Å². The van der Waals surface area contributed by atoms with Gasteiger partial charge in [0, 0.05) is 19.3 Å². The van der Waals surface area contributed by atoms with Crippen LogP contribution in [0.1, 0.15) is 16.7 Å². The minimum atomic E-state index is -3.44. The average molecular weight is 402 g/mol. The fourth-order valence-corrected chi connectivity index (χ4v) is 4.49. The number of rotatable bonds is 8. The lowest BCUT2D eigenvalue weighted by atomic mass is 10.2. The summed E-state index contributed by atoms with van der Waals surface area (Å²) in [4.78, 5) is 10.1. The topological polar surface area (TPSA) is 69.6 Å². The first kappa shape index (κ1) is 20.4. The number of hydrogen-bond acceptors (Lipinski definition) is 3. The van der Waals surface area contributed by atoms with Crippen molar-refractivity contribution in [3.8, 4) is 0 Å². The van der Waals surface area contributed by atoms with Crippen molar-refractivity contribution in [3.63, 3.8) is 0 Å². The molecule has 25 heavy (non-hydrogen) atoms. The number of aliphatic hydroxyl groups excluding tert-OH is 1. The van der Waals surface area contributed by atoms with Gasteiger partial charge in [0.2, 0.25) is 7.37 Å². The molecule has 0 bridgehead atoms. The number of halogens is 2. The lowest BCUT2D eigenvalue weighted by molar-refractivity contribution is 0.190. The van der Waals surface area contributed by atoms with Gasteiger partial charge in [-0.1, -0.05) is 59.1 Å². The van der Waals surface area contributed by atoms with E-state index in [9.17, 15) is 14.6 Å². The third-order valence-corrected chi connectivity index (χ3v) is 6.33. The predicted octanol–water partition coefficient (Wildman–Crippen LogP) is 4.22. The van der Waals surface area contributed by atoms with Crippen molar-refractivity contribution in [3.05, 3.63) is 69.2 Å². The van der Waals surface area contributed by atoms with Crippen LogP contribution in [0.4, 0.5) is 0 Å². The summed E-state index contributed by atoms with van der Waals surface area (Å²) in [6.45, 7) is 2.67. The summed E-state index contributed by atoms with van der Waals surface area (Å²) >= 11 is 11.8. The van der Waals surface area contributed by atoms with Crippen LogP contribution in [0.3, 0.4) is 0 Å². The predicted molar refractivity (Wildman–Crippen MR) is 104 cm³/mol. The van der Waals surface area contributed by atoms with Crippen molar-refractivity contribution in [1.82, 2.24) is 5.32 Å². The first-order valence-electron chi connectivity index (χ1n) is 7.94. The molecule has 0 aliphatic rings. The summed E-state index contributed by atoms with van der Waals surface area (Å²) in [5, 5.41) is 14.1. The zero-order valence-electron chi connectivity index (χ0n) is 14.0. The van der Waals surface area contributed by atoms with Crippen molar-refractivity contribution in [2.45, 2.75) is 25.7 Å². The summed E-state index contributed by atoms with van der Waals surface area (Å²) in [7, 11) is -3.44. The Morgan fingerprint density at radius 1 is 1.08 bits per heavy atom. The molecule has 4 nitrogen and oxygen atoms in total. The summed E-state index contributed by atoms with van der Waals surface area (Å²) in [5.41, 5.74) is 2.82. The Kier molecular flexibility index (Phi) is 7.51. The molecule has 136 valence electrons. The smallest absolute Gasteiger partial charge is 0.207 e. The highest BCUT2D eigenvalue weighted by Crippen LogP contribution is 2.44. The maximum Gasteiger partial charge on any atom is 0.207 e. The molecular weight excluding hydrogens is 380 g/mol. The van der Waals surface area contributed by atoms with E-state index in [1.54, 1.807) is 12.1 Å². The molecule has 0 heterocycles. The van der Waals surface area contributed by atoms with Gasteiger partial charge in [-0.05, 0) is 30.2 Å².